The molecule has 1 fully saturated rings. The van der Waals surface area contributed by atoms with Crippen molar-refractivity contribution in [3.05, 3.63) is 24.3 Å². The lowest BCUT2D eigenvalue weighted by atomic mass is 10.2. The van der Waals surface area contributed by atoms with E-state index in [1.54, 1.807) is 49.6 Å². The molecule has 30 heavy (non-hydrogen) atoms. The molecule has 2 rings (SSSR count). The van der Waals surface area contributed by atoms with E-state index in [4.69, 9.17) is 9.47 Å². The van der Waals surface area contributed by atoms with Crippen molar-refractivity contribution in [1.29, 1.82) is 0 Å². The summed E-state index contributed by atoms with van der Waals surface area (Å²) in [5.74, 6) is 0.237. The maximum atomic E-state index is 12.7. The predicted molar refractivity (Wildman–Crippen MR) is 110 cm³/mol. The number of phenols is 1. The van der Waals surface area contributed by atoms with Gasteiger partial charge in [-0.25, -0.2) is 4.79 Å². The number of rotatable bonds is 5. The van der Waals surface area contributed by atoms with Gasteiger partial charge in [0.15, 0.2) is 6.10 Å². The van der Waals surface area contributed by atoms with Crippen LogP contribution in [0.5, 0.6) is 11.5 Å². The highest BCUT2D eigenvalue weighted by molar-refractivity contribution is 5.83. The minimum absolute atomic E-state index is 0.125. The van der Waals surface area contributed by atoms with Crippen LogP contribution in [0, 0.1) is 0 Å². The zero-order valence-electron chi connectivity index (χ0n) is 18.0. The van der Waals surface area contributed by atoms with Crippen LogP contribution in [0.25, 0.3) is 0 Å². The van der Waals surface area contributed by atoms with Crippen LogP contribution in [0.15, 0.2) is 24.3 Å². The van der Waals surface area contributed by atoms with E-state index in [0.29, 0.717) is 38.3 Å². The van der Waals surface area contributed by atoms with E-state index in [9.17, 15) is 19.5 Å². The Kier molecular flexibility index (Phi) is 7.91. The number of nitrogens with one attached hydrogen (secondary N) is 1. The van der Waals surface area contributed by atoms with Crippen molar-refractivity contribution in [3.63, 3.8) is 0 Å². The molecule has 9 nitrogen and oxygen atoms in total. The molecule has 0 spiro atoms. The van der Waals surface area contributed by atoms with Crippen LogP contribution >= 0.6 is 0 Å². The lowest BCUT2D eigenvalue weighted by Crippen LogP contribution is -2.45. The summed E-state index contributed by atoms with van der Waals surface area (Å²) in [6.45, 7) is 8.57. The minimum Gasteiger partial charge on any atom is -0.508 e. The van der Waals surface area contributed by atoms with Gasteiger partial charge in [-0.15, -0.1) is 0 Å². The van der Waals surface area contributed by atoms with Crippen LogP contribution in [0.1, 0.15) is 34.1 Å². The molecule has 1 aliphatic rings. The summed E-state index contributed by atoms with van der Waals surface area (Å²) in [5.41, 5.74) is -0.629. The van der Waals surface area contributed by atoms with Gasteiger partial charge in [-0.2, -0.15) is 0 Å². The summed E-state index contributed by atoms with van der Waals surface area (Å²) in [7, 11) is 0. The van der Waals surface area contributed by atoms with Gasteiger partial charge in [-0.3, -0.25) is 9.59 Å². The van der Waals surface area contributed by atoms with E-state index in [-0.39, 0.29) is 24.1 Å². The zero-order valence-corrected chi connectivity index (χ0v) is 18.0. The first kappa shape index (κ1) is 23.3. The maximum absolute atomic E-state index is 12.7. The van der Waals surface area contributed by atoms with Gasteiger partial charge in [0.25, 0.3) is 5.91 Å². The smallest absolute Gasteiger partial charge is 0.408 e. The lowest BCUT2D eigenvalue weighted by molar-refractivity contribution is -0.138. The number of alkyl carbamates (subject to hydrolysis) is 1. The molecule has 1 aliphatic heterocycles. The summed E-state index contributed by atoms with van der Waals surface area (Å²) < 4.78 is 10.8. The lowest BCUT2D eigenvalue weighted by Gasteiger charge is -2.25. The Labute approximate surface area is 176 Å². The fourth-order valence-electron chi connectivity index (χ4n) is 3.00. The number of ether oxygens (including phenoxy) is 2. The first-order valence-electron chi connectivity index (χ1n) is 10.0. The monoisotopic (exact) mass is 421 g/mol. The summed E-state index contributed by atoms with van der Waals surface area (Å²) in [5, 5.41) is 11.8. The Bertz CT molecular complexity index is 744. The van der Waals surface area contributed by atoms with E-state index in [1.807, 2.05) is 0 Å². The fraction of sp³-hybridized carbons (Fsp3) is 0.571. The fourth-order valence-corrected chi connectivity index (χ4v) is 3.00. The second-order valence-electron chi connectivity index (χ2n) is 8.17. The van der Waals surface area contributed by atoms with Gasteiger partial charge >= 0.3 is 6.09 Å². The molecule has 1 heterocycles. The molecule has 1 unspecified atom stereocenters. The highest BCUT2D eigenvalue weighted by atomic mass is 16.6. The molecule has 2 N–H and O–H groups in total. The summed E-state index contributed by atoms with van der Waals surface area (Å²) >= 11 is 0. The number of hydrogen-bond acceptors (Lipinski definition) is 6. The van der Waals surface area contributed by atoms with E-state index in [2.05, 4.69) is 5.32 Å². The van der Waals surface area contributed by atoms with Crippen molar-refractivity contribution < 1.29 is 29.0 Å². The summed E-state index contributed by atoms with van der Waals surface area (Å²) in [6.07, 6.45) is -0.691. The van der Waals surface area contributed by atoms with E-state index in [1.165, 1.54) is 12.1 Å². The largest absolute Gasteiger partial charge is 0.508 e. The molecule has 1 saturated heterocycles. The molecule has 9 heteroatoms. The van der Waals surface area contributed by atoms with Crippen molar-refractivity contribution in [1.82, 2.24) is 15.1 Å². The summed E-state index contributed by atoms with van der Waals surface area (Å²) in [6, 6.07) is 6.18. The molecule has 0 aliphatic carbocycles. The Morgan fingerprint density at radius 2 is 1.67 bits per heavy atom. The molecule has 1 aromatic rings. The molecular weight excluding hydrogens is 390 g/mol. The van der Waals surface area contributed by atoms with Gasteiger partial charge in [0.2, 0.25) is 5.91 Å². The molecule has 0 saturated carbocycles. The Hall–Kier alpha value is -2.97. The topological polar surface area (TPSA) is 108 Å². The quantitative estimate of drug-likeness (QED) is 0.750. The number of hydrogen-bond donors (Lipinski definition) is 2. The van der Waals surface area contributed by atoms with Crippen molar-refractivity contribution in [2.24, 2.45) is 0 Å². The SMILES string of the molecule is CC(Oc1ccc(O)cc1)C(=O)N1CCCN(C(=O)CNC(=O)OC(C)(C)C)CC1. The van der Waals surface area contributed by atoms with Crippen LogP contribution in [-0.2, 0) is 14.3 Å². The van der Waals surface area contributed by atoms with Crippen molar-refractivity contribution >= 4 is 17.9 Å². The van der Waals surface area contributed by atoms with Crippen molar-refractivity contribution in [2.75, 3.05) is 32.7 Å². The first-order valence-corrected chi connectivity index (χ1v) is 10.0. The van der Waals surface area contributed by atoms with Gasteiger partial charge in [0.1, 0.15) is 23.6 Å². The van der Waals surface area contributed by atoms with E-state index >= 15 is 0 Å². The molecule has 1 aromatic carbocycles. The third-order valence-electron chi connectivity index (χ3n) is 4.44. The average molecular weight is 421 g/mol. The Morgan fingerprint density at radius 3 is 2.30 bits per heavy atom. The predicted octanol–water partition coefficient (Wildman–Crippen LogP) is 1.75. The second kappa shape index (κ2) is 10.2. The second-order valence-corrected chi connectivity index (χ2v) is 8.17. The zero-order chi connectivity index (χ0) is 22.3. The maximum Gasteiger partial charge on any atom is 0.408 e. The van der Waals surface area contributed by atoms with E-state index < -0.39 is 17.8 Å². The van der Waals surface area contributed by atoms with Crippen LogP contribution in [0.2, 0.25) is 0 Å². The molecule has 1 atom stereocenters. The Balaban J connectivity index is 1.81. The summed E-state index contributed by atoms with van der Waals surface area (Å²) in [4.78, 5) is 40.2. The molecule has 0 radical (unpaired) electrons. The third kappa shape index (κ3) is 7.46. The molecule has 166 valence electrons. The van der Waals surface area contributed by atoms with E-state index in [0.717, 1.165) is 0 Å². The number of carbonyl (C=O) groups is 3. The third-order valence-corrected chi connectivity index (χ3v) is 4.44. The highest BCUT2D eigenvalue weighted by Crippen LogP contribution is 2.18. The van der Waals surface area contributed by atoms with Crippen LogP contribution in [-0.4, -0.2) is 77.2 Å². The number of nitrogens with zero attached hydrogens (tertiary/aromatic N) is 2. The highest BCUT2D eigenvalue weighted by Gasteiger charge is 2.26. The first-order chi connectivity index (χ1) is 14.0. The van der Waals surface area contributed by atoms with Crippen molar-refractivity contribution in [2.45, 2.75) is 45.8 Å². The van der Waals surface area contributed by atoms with Crippen LogP contribution in [0.3, 0.4) is 0 Å². The standard InChI is InChI=1S/C21H31N3O6/c1-15(29-17-8-6-16(25)7-9-17)19(27)24-11-5-10-23(12-13-24)18(26)14-22-20(28)30-21(2,3)4/h6-9,15,25H,5,10-14H2,1-4H3,(H,22,28). The van der Waals surface area contributed by atoms with Gasteiger partial charge < -0.3 is 29.7 Å². The number of benzene rings is 1. The average Bonchev–Trinajstić information content (AvgIpc) is 2.92. The molecular formula is C21H31N3O6. The Morgan fingerprint density at radius 1 is 1.07 bits per heavy atom. The van der Waals surface area contributed by atoms with Crippen LogP contribution in [0.4, 0.5) is 4.79 Å². The molecule has 0 bridgehead atoms. The van der Waals surface area contributed by atoms with Crippen molar-refractivity contribution in [3.8, 4) is 11.5 Å². The number of aromatic hydroxyl groups is 1. The van der Waals surface area contributed by atoms with Gasteiger partial charge in [0.05, 0.1) is 0 Å². The normalized spacial score (nSPS) is 15.7. The van der Waals surface area contributed by atoms with Gasteiger partial charge in [-0.05, 0) is 58.4 Å². The van der Waals surface area contributed by atoms with Crippen LogP contribution < -0.4 is 10.1 Å². The number of amides is 3. The number of carbonyl (C=O) groups excluding carboxylic acids is 3. The molecule has 0 aromatic heterocycles. The number of phenolic OH excluding ortho intramolecular Hbond substituents is 1. The minimum atomic E-state index is -0.689. The molecule has 3 amide bonds. The van der Waals surface area contributed by atoms with Gasteiger partial charge in [0, 0.05) is 26.2 Å². The van der Waals surface area contributed by atoms with Gasteiger partial charge in [-0.1, -0.05) is 0 Å².